The van der Waals surface area contributed by atoms with Crippen LogP contribution in [0, 0.1) is 23.6 Å². The van der Waals surface area contributed by atoms with Crippen LogP contribution in [0.3, 0.4) is 0 Å². The fourth-order valence-electron chi connectivity index (χ4n) is 5.32. The number of allylic oxidation sites excluding steroid dienone is 1. The minimum absolute atomic E-state index is 0.242. The van der Waals surface area contributed by atoms with Gasteiger partial charge in [0.25, 0.3) is 0 Å². The van der Waals surface area contributed by atoms with Crippen molar-refractivity contribution < 1.29 is 9.13 Å². The maximum atomic E-state index is 14.8. The first-order valence-corrected chi connectivity index (χ1v) is 10.6. The van der Waals surface area contributed by atoms with Gasteiger partial charge < -0.3 is 4.74 Å². The van der Waals surface area contributed by atoms with Crippen molar-refractivity contribution in [2.24, 2.45) is 17.8 Å². The van der Waals surface area contributed by atoms with E-state index in [2.05, 4.69) is 19.1 Å². The van der Waals surface area contributed by atoms with Crippen LogP contribution >= 0.6 is 0 Å². The maximum absolute atomic E-state index is 14.8. The lowest BCUT2D eigenvalue weighted by molar-refractivity contribution is 0.124. The second kappa shape index (κ2) is 8.04. The summed E-state index contributed by atoms with van der Waals surface area (Å²) in [6, 6.07) is 10.1. The molecule has 0 radical (unpaired) electrons. The Balaban J connectivity index is 1.53. The first-order chi connectivity index (χ1) is 13.2. The summed E-state index contributed by atoms with van der Waals surface area (Å²) in [5.41, 5.74) is 1.39. The van der Waals surface area contributed by atoms with Crippen LogP contribution in [0.1, 0.15) is 63.9 Å². The monoisotopic (exact) mass is 366 g/mol. The summed E-state index contributed by atoms with van der Waals surface area (Å²) >= 11 is 0. The molecule has 0 saturated heterocycles. The molecule has 2 aliphatic carbocycles. The zero-order valence-corrected chi connectivity index (χ0v) is 16.6. The highest BCUT2D eigenvalue weighted by Gasteiger charge is 2.34. The van der Waals surface area contributed by atoms with Gasteiger partial charge in [0.1, 0.15) is 6.61 Å². The van der Waals surface area contributed by atoms with Crippen LogP contribution in [0.5, 0.6) is 5.75 Å². The third kappa shape index (κ3) is 3.90. The molecule has 2 saturated carbocycles. The Kier molecular flexibility index (Phi) is 5.52. The van der Waals surface area contributed by atoms with Crippen LogP contribution in [0.25, 0.3) is 10.8 Å². The Labute approximate surface area is 162 Å². The van der Waals surface area contributed by atoms with Gasteiger partial charge in [-0.15, -0.1) is 0 Å². The molecular formula is C25H31FO. The number of rotatable bonds is 4. The highest BCUT2D eigenvalue weighted by atomic mass is 19.1. The molecule has 2 aromatic rings. The second-order valence-electron chi connectivity index (χ2n) is 8.69. The van der Waals surface area contributed by atoms with E-state index < -0.39 is 0 Å². The summed E-state index contributed by atoms with van der Waals surface area (Å²) in [4.78, 5) is 0. The van der Waals surface area contributed by atoms with Gasteiger partial charge in [-0.25, -0.2) is 4.39 Å². The van der Waals surface area contributed by atoms with Crippen molar-refractivity contribution in [3.05, 3.63) is 53.9 Å². The van der Waals surface area contributed by atoms with Crippen LogP contribution in [-0.2, 0) is 0 Å². The fraction of sp³-hybridized carbons (Fsp3) is 0.520. The average Bonchev–Trinajstić information content (AvgIpc) is 2.69. The van der Waals surface area contributed by atoms with Gasteiger partial charge in [-0.2, -0.15) is 0 Å². The predicted octanol–water partition coefficient (Wildman–Crippen LogP) is 7.25. The molecule has 2 fully saturated rings. The third-order valence-corrected chi connectivity index (χ3v) is 6.86. The lowest BCUT2D eigenvalue weighted by Crippen LogP contribution is -2.29. The minimum Gasteiger partial charge on any atom is -0.486 e. The van der Waals surface area contributed by atoms with E-state index in [0.29, 0.717) is 23.7 Å². The van der Waals surface area contributed by atoms with Crippen molar-refractivity contribution in [1.82, 2.24) is 0 Å². The fourth-order valence-corrected chi connectivity index (χ4v) is 5.32. The summed E-state index contributed by atoms with van der Waals surface area (Å²) in [7, 11) is 0. The molecule has 144 valence electrons. The summed E-state index contributed by atoms with van der Waals surface area (Å²) in [5.74, 6) is 3.49. The van der Waals surface area contributed by atoms with E-state index in [-0.39, 0.29) is 5.82 Å². The van der Waals surface area contributed by atoms with Gasteiger partial charge in [0, 0.05) is 5.39 Å². The van der Waals surface area contributed by atoms with Crippen LogP contribution in [-0.4, -0.2) is 6.61 Å². The zero-order valence-electron chi connectivity index (χ0n) is 16.6. The smallest absolute Gasteiger partial charge is 0.172 e. The highest BCUT2D eigenvalue weighted by Crippen LogP contribution is 2.47. The SMILES string of the molecule is CC=CCOc1ccc2cc(C3CCC4CC(C)CCC4C3)ccc2c1F. The van der Waals surface area contributed by atoms with Gasteiger partial charge >= 0.3 is 0 Å². The predicted molar refractivity (Wildman–Crippen MR) is 111 cm³/mol. The van der Waals surface area contributed by atoms with E-state index in [4.69, 9.17) is 4.74 Å². The van der Waals surface area contributed by atoms with Crippen molar-refractivity contribution in [2.45, 2.75) is 58.3 Å². The second-order valence-corrected chi connectivity index (χ2v) is 8.69. The van der Waals surface area contributed by atoms with Gasteiger partial charge in [0.15, 0.2) is 11.6 Å². The summed E-state index contributed by atoms with van der Waals surface area (Å²) < 4.78 is 20.3. The van der Waals surface area contributed by atoms with Crippen molar-refractivity contribution in [3.63, 3.8) is 0 Å². The molecule has 0 N–H and O–H groups in total. The lowest BCUT2D eigenvalue weighted by atomic mass is 9.64. The van der Waals surface area contributed by atoms with Crippen molar-refractivity contribution >= 4 is 10.8 Å². The Hall–Kier alpha value is -1.83. The molecule has 0 amide bonds. The van der Waals surface area contributed by atoms with Crippen molar-refractivity contribution in [1.29, 1.82) is 0 Å². The number of fused-ring (bicyclic) bond motifs is 2. The van der Waals surface area contributed by atoms with E-state index in [0.717, 1.165) is 23.1 Å². The molecule has 2 aromatic carbocycles. The molecule has 0 heterocycles. The lowest BCUT2D eigenvalue weighted by Gasteiger charge is -2.41. The van der Waals surface area contributed by atoms with Crippen LogP contribution < -0.4 is 4.74 Å². The summed E-state index contributed by atoms with van der Waals surface area (Å²) in [6.07, 6.45) is 12.0. The molecule has 4 unspecified atom stereocenters. The first kappa shape index (κ1) is 18.5. The van der Waals surface area contributed by atoms with Gasteiger partial charge in [0.05, 0.1) is 0 Å². The number of ether oxygens (including phenoxy) is 1. The van der Waals surface area contributed by atoms with E-state index >= 15 is 0 Å². The number of hydrogen-bond acceptors (Lipinski definition) is 1. The Morgan fingerprint density at radius 1 is 1.04 bits per heavy atom. The van der Waals surface area contributed by atoms with E-state index in [1.54, 1.807) is 6.07 Å². The zero-order chi connectivity index (χ0) is 18.8. The van der Waals surface area contributed by atoms with Gasteiger partial charge in [-0.1, -0.05) is 49.8 Å². The number of halogens is 1. The van der Waals surface area contributed by atoms with Gasteiger partial charge in [-0.05, 0) is 79.7 Å². The molecule has 0 spiro atoms. The molecule has 0 aromatic heterocycles. The Morgan fingerprint density at radius 3 is 2.70 bits per heavy atom. The Morgan fingerprint density at radius 2 is 1.85 bits per heavy atom. The van der Waals surface area contributed by atoms with Crippen LogP contribution in [0.2, 0.25) is 0 Å². The van der Waals surface area contributed by atoms with Crippen molar-refractivity contribution in [3.8, 4) is 5.75 Å². The molecule has 4 rings (SSSR count). The van der Waals surface area contributed by atoms with Gasteiger partial charge in [0.2, 0.25) is 0 Å². The normalized spacial score (nSPS) is 28.4. The van der Waals surface area contributed by atoms with Gasteiger partial charge in [-0.3, -0.25) is 0 Å². The molecule has 4 atom stereocenters. The highest BCUT2D eigenvalue weighted by molar-refractivity contribution is 5.85. The molecular weight excluding hydrogens is 335 g/mol. The van der Waals surface area contributed by atoms with Crippen LogP contribution in [0.15, 0.2) is 42.5 Å². The standard InChI is InChI=1S/C25H31FO/c1-3-4-13-27-24-12-10-22-16-21(9-11-23(22)25(24)26)20-8-7-18-14-17(2)5-6-19(18)15-20/h3-4,9-12,16-20H,5-8,13-15H2,1-2H3. The average molecular weight is 367 g/mol. The third-order valence-electron chi connectivity index (χ3n) is 6.86. The van der Waals surface area contributed by atoms with Crippen molar-refractivity contribution in [2.75, 3.05) is 6.61 Å². The summed E-state index contributed by atoms with van der Waals surface area (Å²) in [6.45, 7) is 4.75. The molecule has 2 heteroatoms. The molecule has 1 nitrogen and oxygen atoms in total. The van der Waals surface area contributed by atoms with E-state index in [9.17, 15) is 4.39 Å². The van der Waals surface area contributed by atoms with Crippen LogP contribution in [0.4, 0.5) is 4.39 Å². The molecule has 27 heavy (non-hydrogen) atoms. The quantitative estimate of drug-likeness (QED) is 0.518. The summed E-state index contributed by atoms with van der Waals surface area (Å²) in [5, 5.41) is 1.65. The maximum Gasteiger partial charge on any atom is 0.172 e. The van der Waals surface area contributed by atoms with E-state index in [1.807, 2.05) is 31.2 Å². The largest absolute Gasteiger partial charge is 0.486 e. The first-order valence-electron chi connectivity index (χ1n) is 10.6. The topological polar surface area (TPSA) is 9.23 Å². The number of hydrogen-bond donors (Lipinski definition) is 0. The van der Waals surface area contributed by atoms with E-state index in [1.165, 1.54) is 44.1 Å². The number of benzene rings is 2. The molecule has 2 aliphatic rings. The minimum atomic E-state index is -0.242. The Bertz CT molecular complexity index is 824. The molecule has 0 bridgehead atoms. The molecule has 0 aliphatic heterocycles.